The van der Waals surface area contributed by atoms with Crippen LogP contribution in [-0.2, 0) is 20.1 Å². The summed E-state index contributed by atoms with van der Waals surface area (Å²) in [4.78, 5) is 0. The van der Waals surface area contributed by atoms with Crippen molar-refractivity contribution >= 4 is 15.9 Å². The molecule has 0 spiro atoms. The summed E-state index contributed by atoms with van der Waals surface area (Å²) in [5.74, 6) is -0.204. The van der Waals surface area contributed by atoms with Crippen LogP contribution in [0.2, 0.25) is 0 Å². The van der Waals surface area contributed by atoms with Crippen LogP contribution in [0, 0.1) is 5.82 Å². The SMILES string of the molecule is Cn1ccc(CNCc2cc(F)ccc2Br)c1. The molecule has 0 unspecified atom stereocenters. The van der Waals surface area contributed by atoms with Gasteiger partial charge in [0.05, 0.1) is 0 Å². The average molecular weight is 297 g/mol. The zero-order valence-electron chi connectivity index (χ0n) is 9.58. The minimum absolute atomic E-state index is 0.204. The molecular weight excluding hydrogens is 283 g/mol. The number of hydrogen-bond acceptors (Lipinski definition) is 1. The summed E-state index contributed by atoms with van der Waals surface area (Å²) in [6.45, 7) is 1.43. The second kappa shape index (κ2) is 5.47. The van der Waals surface area contributed by atoms with Gasteiger partial charge in [0.25, 0.3) is 0 Å². The van der Waals surface area contributed by atoms with E-state index in [1.54, 1.807) is 12.1 Å². The Labute approximate surface area is 109 Å². The summed E-state index contributed by atoms with van der Waals surface area (Å²) < 4.78 is 16.0. The number of benzene rings is 1. The largest absolute Gasteiger partial charge is 0.357 e. The van der Waals surface area contributed by atoms with Gasteiger partial charge in [0.2, 0.25) is 0 Å². The van der Waals surface area contributed by atoms with Crippen molar-refractivity contribution in [2.45, 2.75) is 13.1 Å². The normalized spacial score (nSPS) is 10.8. The van der Waals surface area contributed by atoms with Crippen LogP contribution < -0.4 is 5.32 Å². The van der Waals surface area contributed by atoms with Crippen molar-refractivity contribution in [1.29, 1.82) is 0 Å². The van der Waals surface area contributed by atoms with Crippen molar-refractivity contribution in [1.82, 2.24) is 9.88 Å². The minimum atomic E-state index is -0.204. The van der Waals surface area contributed by atoms with Crippen LogP contribution in [0.4, 0.5) is 4.39 Å². The molecule has 4 heteroatoms. The van der Waals surface area contributed by atoms with Crippen molar-refractivity contribution in [2.24, 2.45) is 7.05 Å². The Morgan fingerprint density at radius 1 is 1.29 bits per heavy atom. The average Bonchev–Trinajstić information content (AvgIpc) is 2.69. The first-order chi connectivity index (χ1) is 8.15. The van der Waals surface area contributed by atoms with Gasteiger partial charge in [-0.1, -0.05) is 15.9 Å². The van der Waals surface area contributed by atoms with E-state index in [2.05, 4.69) is 33.5 Å². The first kappa shape index (κ1) is 12.3. The summed E-state index contributed by atoms with van der Waals surface area (Å²) >= 11 is 3.41. The van der Waals surface area contributed by atoms with E-state index >= 15 is 0 Å². The maximum Gasteiger partial charge on any atom is 0.123 e. The third kappa shape index (κ3) is 3.41. The van der Waals surface area contributed by atoms with Gasteiger partial charge in [0, 0.05) is 37.0 Å². The van der Waals surface area contributed by atoms with Crippen LogP contribution >= 0.6 is 15.9 Å². The van der Waals surface area contributed by atoms with Gasteiger partial charge < -0.3 is 9.88 Å². The fourth-order valence-electron chi connectivity index (χ4n) is 1.69. The molecule has 0 aliphatic carbocycles. The molecule has 0 aliphatic rings. The summed E-state index contributed by atoms with van der Waals surface area (Å²) in [5, 5.41) is 3.29. The molecule has 0 atom stereocenters. The maximum absolute atomic E-state index is 13.0. The smallest absolute Gasteiger partial charge is 0.123 e. The number of rotatable bonds is 4. The number of nitrogens with one attached hydrogen (secondary N) is 1. The Hall–Kier alpha value is -1.13. The lowest BCUT2D eigenvalue weighted by Crippen LogP contribution is -2.12. The van der Waals surface area contributed by atoms with Crippen molar-refractivity contribution in [3.8, 4) is 0 Å². The molecule has 0 radical (unpaired) electrons. The lowest BCUT2D eigenvalue weighted by Gasteiger charge is -2.06. The van der Waals surface area contributed by atoms with E-state index in [0.29, 0.717) is 6.54 Å². The van der Waals surface area contributed by atoms with Crippen LogP contribution in [0.3, 0.4) is 0 Å². The lowest BCUT2D eigenvalue weighted by molar-refractivity contribution is 0.619. The predicted molar refractivity (Wildman–Crippen MR) is 70.1 cm³/mol. The van der Waals surface area contributed by atoms with Crippen LogP contribution in [0.1, 0.15) is 11.1 Å². The summed E-state index contributed by atoms with van der Waals surface area (Å²) in [7, 11) is 1.99. The van der Waals surface area contributed by atoms with E-state index in [9.17, 15) is 4.39 Å². The molecule has 0 fully saturated rings. The Balaban J connectivity index is 1.91. The summed E-state index contributed by atoms with van der Waals surface area (Å²) in [6, 6.07) is 6.79. The molecule has 1 aromatic heterocycles. The first-order valence-electron chi connectivity index (χ1n) is 5.40. The predicted octanol–water partition coefficient (Wildman–Crippen LogP) is 3.22. The Bertz CT molecular complexity index is 508. The van der Waals surface area contributed by atoms with Gasteiger partial charge in [0.1, 0.15) is 5.82 Å². The minimum Gasteiger partial charge on any atom is -0.357 e. The van der Waals surface area contributed by atoms with E-state index in [1.165, 1.54) is 11.6 Å². The lowest BCUT2D eigenvalue weighted by atomic mass is 10.2. The highest BCUT2D eigenvalue weighted by Crippen LogP contribution is 2.17. The highest BCUT2D eigenvalue weighted by molar-refractivity contribution is 9.10. The zero-order chi connectivity index (χ0) is 12.3. The van der Waals surface area contributed by atoms with Crippen molar-refractivity contribution in [3.63, 3.8) is 0 Å². The summed E-state index contributed by atoms with van der Waals surface area (Å²) in [5.41, 5.74) is 2.15. The molecule has 1 aromatic carbocycles. The van der Waals surface area contributed by atoms with Crippen LogP contribution in [0.5, 0.6) is 0 Å². The van der Waals surface area contributed by atoms with Gasteiger partial charge in [-0.2, -0.15) is 0 Å². The number of nitrogens with zero attached hydrogens (tertiary/aromatic N) is 1. The molecule has 1 N–H and O–H groups in total. The van der Waals surface area contributed by atoms with Crippen LogP contribution in [-0.4, -0.2) is 4.57 Å². The van der Waals surface area contributed by atoms with Gasteiger partial charge in [0.15, 0.2) is 0 Å². The van der Waals surface area contributed by atoms with E-state index in [1.807, 2.05) is 17.8 Å². The first-order valence-corrected chi connectivity index (χ1v) is 6.20. The van der Waals surface area contributed by atoms with E-state index in [-0.39, 0.29) is 5.82 Å². The van der Waals surface area contributed by atoms with Gasteiger partial charge in [-0.05, 0) is 35.4 Å². The molecular formula is C13H14BrFN2. The second-order valence-electron chi connectivity index (χ2n) is 4.02. The third-order valence-corrected chi connectivity index (χ3v) is 3.32. The Kier molecular flexibility index (Phi) is 3.97. The maximum atomic E-state index is 13.0. The van der Waals surface area contributed by atoms with Crippen molar-refractivity contribution in [3.05, 3.63) is 58.1 Å². The van der Waals surface area contributed by atoms with E-state index in [4.69, 9.17) is 0 Å². The monoisotopic (exact) mass is 296 g/mol. The molecule has 90 valence electrons. The van der Waals surface area contributed by atoms with Gasteiger partial charge in [-0.3, -0.25) is 0 Å². The molecule has 0 saturated heterocycles. The number of aryl methyl sites for hydroxylation is 1. The topological polar surface area (TPSA) is 17.0 Å². The standard InChI is InChI=1S/C13H14BrFN2/c1-17-5-4-10(9-17)7-16-8-11-6-12(15)2-3-13(11)14/h2-6,9,16H,7-8H2,1H3. The quantitative estimate of drug-likeness (QED) is 0.917. The Morgan fingerprint density at radius 3 is 2.82 bits per heavy atom. The number of halogens is 2. The highest BCUT2D eigenvalue weighted by atomic mass is 79.9. The molecule has 0 amide bonds. The van der Waals surface area contributed by atoms with Gasteiger partial charge in [-0.25, -0.2) is 4.39 Å². The number of hydrogen-bond donors (Lipinski definition) is 1. The Morgan fingerprint density at radius 2 is 2.12 bits per heavy atom. The fourth-order valence-corrected chi connectivity index (χ4v) is 2.07. The van der Waals surface area contributed by atoms with Crippen LogP contribution in [0.15, 0.2) is 41.1 Å². The second-order valence-corrected chi connectivity index (χ2v) is 4.88. The molecule has 2 nitrogen and oxygen atoms in total. The molecule has 0 bridgehead atoms. The molecule has 0 aliphatic heterocycles. The van der Waals surface area contributed by atoms with E-state index in [0.717, 1.165) is 16.6 Å². The van der Waals surface area contributed by atoms with Gasteiger partial charge >= 0.3 is 0 Å². The highest BCUT2D eigenvalue weighted by Gasteiger charge is 2.01. The van der Waals surface area contributed by atoms with Crippen molar-refractivity contribution < 1.29 is 4.39 Å². The zero-order valence-corrected chi connectivity index (χ0v) is 11.2. The molecule has 2 rings (SSSR count). The molecule has 0 saturated carbocycles. The number of aromatic nitrogens is 1. The van der Waals surface area contributed by atoms with Gasteiger partial charge in [-0.15, -0.1) is 0 Å². The summed E-state index contributed by atoms with van der Waals surface area (Å²) in [6.07, 6.45) is 4.07. The third-order valence-electron chi connectivity index (χ3n) is 2.55. The van der Waals surface area contributed by atoms with Crippen molar-refractivity contribution in [2.75, 3.05) is 0 Å². The fraction of sp³-hybridized carbons (Fsp3) is 0.231. The van der Waals surface area contributed by atoms with Crippen LogP contribution in [0.25, 0.3) is 0 Å². The molecule has 2 aromatic rings. The molecule has 17 heavy (non-hydrogen) atoms. The van der Waals surface area contributed by atoms with E-state index < -0.39 is 0 Å². The molecule has 1 heterocycles.